The minimum Gasteiger partial charge on any atom is -0.351 e. The smallest absolute Gasteiger partial charge is 0.261 e. The quantitative estimate of drug-likeness (QED) is 0.560. The highest BCUT2D eigenvalue weighted by atomic mass is 32.1. The molecule has 0 fully saturated rings. The molecule has 4 nitrogen and oxygen atoms in total. The van der Waals surface area contributed by atoms with E-state index in [1.165, 1.54) is 16.9 Å². The van der Waals surface area contributed by atoms with Crippen LogP contribution in [0.2, 0.25) is 0 Å². The third-order valence-corrected chi connectivity index (χ3v) is 6.37. The second kappa shape index (κ2) is 7.05. The van der Waals surface area contributed by atoms with Gasteiger partial charge in [0.15, 0.2) is 0 Å². The average molecular weight is 383 g/mol. The number of pyridine rings is 1. The van der Waals surface area contributed by atoms with Gasteiger partial charge in [0.2, 0.25) is 0 Å². The molecule has 0 saturated heterocycles. The molecule has 0 unspecified atom stereocenters. The van der Waals surface area contributed by atoms with Crippen molar-refractivity contribution in [2.75, 3.05) is 6.54 Å². The zero-order chi connectivity index (χ0) is 18.1. The summed E-state index contributed by atoms with van der Waals surface area (Å²) in [6, 6.07) is 11.7. The monoisotopic (exact) mass is 382 g/mol. The van der Waals surface area contributed by atoms with E-state index in [0.717, 1.165) is 22.0 Å². The first-order valence-corrected chi connectivity index (χ1v) is 10.3. The molecule has 3 heterocycles. The molecule has 0 saturated carbocycles. The Balaban J connectivity index is 1.69. The van der Waals surface area contributed by atoms with Crippen molar-refractivity contribution >= 4 is 49.6 Å². The molecule has 3 aromatic heterocycles. The van der Waals surface area contributed by atoms with Crippen molar-refractivity contribution in [3.05, 3.63) is 68.0 Å². The molecule has 0 spiro atoms. The number of nitrogens with one attached hydrogen (secondary N) is 1. The van der Waals surface area contributed by atoms with Gasteiger partial charge in [0.05, 0.1) is 15.8 Å². The fourth-order valence-corrected chi connectivity index (χ4v) is 4.98. The first kappa shape index (κ1) is 17.0. The Hall–Kier alpha value is -2.44. The van der Waals surface area contributed by atoms with Crippen LogP contribution in [-0.2, 0) is 13.0 Å². The molecule has 1 N–H and O–H groups in total. The Labute approximate surface area is 158 Å². The van der Waals surface area contributed by atoms with Crippen LogP contribution < -0.4 is 10.9 Å². The zero-order valence-electron chi connectivity index (χ0n) is 14.3. The number of hydrogen-bond donors (Lipinski definition) is 1. The number of carbonyl (C=O) groups excluding carboxylic acids is 1. The third-order valence-electron chi connectivity index (χ3n) is 4.47. The van der Waals surface area contributed by atoms with Gasteiger partial charge in [0.1, 0.15) is 0 Å². The van der Waals surface area contributed by atoms with Crippen molar-refractivity contribution in [1.82, 2.24) is 9.88 Å². The molecule has 4 rings (SSSR count). The largest absolute Gasteiger partial charge is 0.351 e. The van der Waals surface area contributed by atoms with Gasteiger partial charge in [-0.15, -0.1) is 11.3 Å². The minimum absolute atomic E-state index is 0.0326. The van der Waals surface area contributed by atoms with Gasteiger partial charge in [-0.25, -0.2) is 0 Å². The van der Waals surface area contributed by atoms with Crippen LogP contribution in [0.3, 0.4) is 0 Å². The predicted molar refractivity (Wildman–Crippen MR) is 110 cm³/mol. The third kappa shape index (κ3) is 2.95. The van der Waals surface area contributed by atoms with Crippen LogP contribution >= 0.6 is 22.7 Å². The van der Waals surface area contributed by atoms with E-state index in [2.05, 4.69) is 16.8 Å². The number of benzene rings is 1. The first-order valence-electron chi connectivity index (χ1n) is 8.53. The number of aromatic nitrogens is 1. The lowest BCUT2D eigenvalue weighted by Crippen LogP contribution is -2.24. The van der Waals surface area contributed by atoms with Crippen LogP contribution in [0.1, 0.15) is 22.2 Å². The van der Waals surface area contributed by atoms with E-state index in [-0.39, 0.29) is 11.5 Å². The molecule has 0 aliphatic heterocycles. The highest BCUT2D eigenvalue weighted by molar-refractivity contribution is 7.21. The van der Waals surface area contributed by atoms with Gasteiger partial charge in [-0.1, -0.05) is 18.2 Å². The molecule has 1 amide bonds. The summed E-state index contributed by atoms with van der Waals surface area (Å²) >= 11 is 3.05. The highest BCUT2D eigenvalue weighted by Crippen LogP contribution is 2.30. The van der Waals surface area contributed by atoms with Crippen molar-refractivity contribution in [2.24, 2.45) is 0 Å². The fraction of sp³-hybridized carbons (Fsp3) is 0.200. The number of rotatable bonds is 5. The van der Waals surface area contributed by atoms with Crippen LogP contribution in [0.25, 0.3) is 21.0 Å². The maximum Gasteiger partial charge on any atom is 0.261 e. The summed E-state index contributed by atoms with van der Waals surface area (Å²) in [4.78, 5) is 25.9. The van der Waals surface area contributed by atoms with Gasteiger partial charge < -0.3 is 9.88 Å². The Morgan fingerprint density at radius 3 is 2.81 bits per heavy atom. The number of aryl methyl sites for hydroxylation is 1. The van der Waals surface area contributed by atoms with E-state index in [9.17, 15) is 9.59 Å². The van der Waals surface area contributed by atoms with Crippen molar-refractivity contribution < 1.29 is 4.79 Å². The average Bonchev–Trinajstić information content (AvgIpc) is 3.32. The molecule has 132 valence electrons. The summed E-state index contributed by atoms with van der Waals surface area (Å²) in [6.45, 7) is 3.15. The molecule has 1 aromatic carbocycles. The van der Waals surface area contributed by atoms with E-state index in [0.29, 0.717) is 23.4 Å². The van der Waals surface area contributed by atoms with Gasteiger partial charge in [0.25, 0.3) is 11.5 Å². The van der Waals surface area contributed by atoms with Crippen molar-refractivity contribution in [2.45, 2.75) is 19.9 Å². The second-order valence-corrected chi connectivity index (χ2v) is 7.89. The van der Waals surface area contributed by atoms with Gasteiger partial charge in [0, 0.05) is 23.2 Å². The van der Waals surface area contributed by atoms with Crippen LogP contribution in [-0.4, -0.2) is 17.0 Å². The van der Waals surface area contributed by atoms with E-state index < -0.39 is 0 Å². The Bertz CT molecular complexity index is 1140. The normalized spacial score (nSPS) is 11.3. The number of thiophene rings is 2. The maximum atomic E-state index is 12.8. The van der Waals surface area contributed by atoms with Crippen LogP contribution in [0, 0.1) is 0 Å². The van der Waals surface area contributed by atoms with E-state index in [1.807, 2.05) is 36.6 Å². The van der Waals surface area contributed by atoms with Gasteiger partial charge in [-0.05, 0) is 47.9 Å². The predicted octanol–water partition coefficient (Wildman–Crippen LogP) is 4.27. The van der Waals surface area contributed by atoms with E-state index in [4.69, 9.17) is 0 Å². The summed E-state index contributed by atoms with van der Waals surface area (Å²) in [7, 11) is 0. The Kier molecular flexibility index (Phi) is 4.61. The fourth-order valence-electron chi connectivity index (χ4n) is 3.17. The molecule has 6 heteroatoms. The molecule has 0 atom stereocenters. The number of hydrogen-bond acceptors (Lipinski definition) is 4. The number of para-hydroxylation sites is 1. The summed E-state index contributed by atoms with van der Waals surface area (Å²) in [5.74, 6) is -0.118. The first-order chi connectivity index (χ1) is 12.7. The maximum absolute atomic E-state index is 12.8. The lowest BCUT2D eigenvalue weighted by molar-refractivity contribution is 0.0958. The topological polar surface area (TPSA) is 51.1 Å². The zero-order valence-corrected chi connectivity index (χ0v) is 16.0. The molecule has 0 bridgehead atoms. The molecular weight excluding hydrogens is 364 g/mol. The summed E-state index contributed by atoms with van der Waals surface area (Å²) in [6.07, 6.45) is 0.811. The van der Waals surface area contributed by atoms with E-state index in [1.54, 1.807) is 22.0 Å². The van der Waals surface area contributed by atoms with Crippen LogP contribution in [0.15, 0.2) is 52.0 Å². The Morgan fingerprint density at radius 1 is 1.19 bits per heavy atom. The van der Waals surface area contributed by atoms with Crippen molar-refractivity contribution in [3.63, 3.8) is 0 Å². The summed E-state index contributed by atoms with van der Waals surface area (Å²) < 4.78 is 2.65. The SMILES string of the molecule is CCn1c(=O)c2cc(C(=O)NCCc3ccsc3)sc2c2ccccc21. The molecular formula is C20H18N2O2S2. The molecule has 0 aliphatic rings. The van der Waals surface area contributed by atoms with E-state index >= 15 is 0 Å². The number of fused-ring (bicyclic) bond motifs is 3. The van der Waals surface area contributed by atoms with Gasteiger partial charge >= 0.3 is 0 Å². The van der Waals surface area contributed by atoms with Crippen LogP contribution in [0.5, 0.6) is 0 Å². The van der Waals surface area contributed by atoms with Crippen molar-refractivity contribution in [3.8, 4) is 0 Å². The molecule has 0 aliphatic carbocycles. The molecule has 0 radical (unpaired) electrons. The second-order valence-electron chi connectivity index (χ2n) is 6.06. The molecule has 26 heavy (non-hydrogen) atoms. The number of amides is 1. The Morgan fingerprint density at radius 2 is 2.04 bits per heavy atom. The van der Waals surface area contributed by atoms with Gasteiger partial charge in [-0.2, -0.15) is 11.3 Å². The summed E-state index contributed by atoms with van der Waals surface area (Å²) in [5, 5.41) is 8.73. The summed E-state index contributed by atoms with van der Waals surface area (Å²) in [5.41, 5.74) is 2.11. The lowest BCUT2D eigenvalue weighted by atomic mass is 10.1. The van der Waals surface area contributed by atoms with Gasteiger partial charge in [-0.3, -0.25) is 9.59 Å². The lowest BCUT2D eigenvalue weighted by Gasteiger charge is -2.08. The van der Waals surface area contributed by atoms with Crippen molar-refractivity contribution in [1.29, 1.82) is 0 Å². The van der Waals surface area contributed by atoms with Crippen LogP contribution in [0.4, 0.5) is 0 Å². The minimum atomic E-state index is -0.118. The molecule has 4 aromatic rings. The highest BCUT2D eigenvalue weighted by Gasteiger charge is 2.16. The number of carbonyl (C=O) groups is 1. The number of nitrogens with zero attached hydrogens (tertiary/aromatic N) is 1. The standard InChI is InChI=1S/C20H18N2O2S2/c1-2-22-16-6-4-3-5-14(16)18-15(20(22)24)11-17(26-18)19(23)21-9-7-13-8-10-25-12-13/h3-6,8,10-12H,2,7,9H2,1H3,(H,21,23).